The highest BCUT2D eigenvalue weighted by Crippen LogP contribution is 2.35. The quantitative estimate of drug-likeness (QED) is 0.386. The Labute approximate surface area is 167 Å². The van der Waals surface area contributed by atoms with Gasteiger partial charge in [0, 0.05) is 5.56 Å². The molecule has 0 spiro atoms. The van der Waals surface area contributed by atoms with Gasteiger partial charge in [0.1, 0.15) is 11.5 Å². The predicted molar refractivity (Wildman–Crippen MR) is 111 cm³/mol. The van der Waals surface area contributed by atoms with E-state index in [9.17, 15) is 9.18 Å². The molecule has 2 heterocycles. The Bertz CT molecular complexity index is 1100. The van der Waals surface area contributed by atoms with Gasteiger partial charge in [-0.05, 0) is 47.2 Å². The molecule has 28 heavy (non-hydrogen) atoms. The van der Waals surface area contributed by atoms with Crippen LogP contribution in [0, 0.1) is 5.82 Å². The van der Waals surface area contributed by atoms with E-state index in [1.165, 1.54) is 23.5 Å². The van der Waals surface area contributed by atoms with Crippen molar-refractivity contribution in [1.29, 1.82) is 0 Å². The Balaban J connectivity index is 2.03. The SMILES string of the molecule is CC(C)c1nn(-c2ccccc2)c(C(=O)c2cccs2)c1-c1ccc(F)cc1. The van der Waals surface area contributed by atoms with Crippen molar-refractivity contribution in [2.45, 2.75) is 19.8 Å². The first-order valence-electron chi connectivity index (χ1n) is 9.08. The summed E-state index contributed by atoms with van der Waals surface area (Å²) in [6, 6.07) is 19.5. The highest BCUT2D eigenvalue weighted by molar-refractivity contribution is 7.12. The maximum atomic E-state index is 13.5. The molecule has 3 nitrogen and oxygen atoms in total. The van der Waals surface area contributed by atoms with E-state index in [4.69, 9.17) is 5.10 Å². The fraction of sp³-hybridized carbons (Fsp3) is 0.130. The number of thiophene rings is 1. The van der Waals surface area contributed by atoms with Crippen LogP contribution >= 0.6 is 11.3 Å². The summed E-state index contributed by atoms with van der Waals surface area (Å²) in [4.78, 5) is 14.1. The third kappa shape index (κ3) is 3.29. The normalized spacial score (nSPS) is 11.1. The summed E-state index contributed by atoms with van der Waals surface area (Å²) in [5.41, 5.74) is 3.68. The van der Waals surface area contributed by atoms with Gasteiger partial charge in [0.2, 0.25) is 5.78 Å². The first-order chi connectivity index (χ1) is 13.6. The maximum absolute atomic E-state index is 13.5. The molecule has 2 aromatic carbocycles. The molecule has 0 N–H and O–H groups in total. The zero-order valence-electron chi connectivity index (χ0n) is 15.6. The minimum absolute atomic E-state index is 0.0856. The van der Waals surface area contributed by atoms with Crippen molar-refractivity contribution in [3.05, 3.63) is 94.2 Å². The lowest BCUT2D eigenvalue weighted by Gasteiger charge is -2.09. The molecule has 0 unspecified atom stereocenters. The van der Waals surface area contributed by atoms with Crippen molar-refractivity contribution in [1.82, 2.24) is 9.78 Å². The van der Waals surface area contributed by atoms with Crippen LogP contribution in [0.1, 0.15) is 40.8 Å². The van der Waals surface area contributed by atoms with Crippen molar-refractivity contribution < 1.29 is 9.18 Å². The Hall–Kier alpha value is -3.05. The second kappa shape index (κ2) is 7.52. The van der Waals surface area contributed by atoms with Crippen molar-refractivity contribution in [2.24, 2.45) is 0 Å². The number of rotatable bonds is 5. The van der Waals surface area contributed by atoms with E-state index in [1.807, 2.05) is 61.7 Å². The van der Waals surface area contributed by atoms with E-state index < -0.39 is 0 Å². The summed E-state index contributed by atoms with van der Waals surface area (Å²) >= 11 is 1.40. The Kier molecular flexibility index (Phi) is 4.92. The third-order valence-corrected chi connectivity index (χ3v) is 5.42. The van der Waals surface area contributed by atoms with Gasteiger partial charge in [0.25, 0.3) is 0 Å². The number of aromatic nitrogens is 2. The average molecular weight is 390 g/mol. The molecule has 2 aromatic heterocycles. The van der Waals surface area contributed by atoms with Crippen LogP contribution in [-0.2, 0) is 0 Å². The highest BCUT2D eigenvalue weighted by atomic mass is 32.1. The van der Waals surface area contributed by atoms with E-state index in [-0.39, 0.29) is 17.5 Å². The molecule has 0 amide bonds. The van der Waals surface area contributed by atoms with E-state index >= 15 is 0 Å². The van der Waals surface area contributed by atoms with Gasteiger partial charge in [-0.25, -0.2) is 9.07 Å². The van der Waals surface area contributed by atoms with Gasteiger partial charge in [0.15, 0.2) is 0 Å². The Morgan fingerprint density at radius 2 is 1.71 bits per heavy atom. The molecule has 0 atom stereocenters. The molecule has 0 saturated carbocycles. The first kappa shape index (κ1) is 18.3. The molecule has 4 aromatic rings. The molecule has 0 aliphatic rings. The van der Waals surface area contributed by atoms with Crippen LogP contribution in [0.25, 0.3) is 16.8 Å². The minimum atomic E-state index is -0.309. The standard InChI is InChI=1S/C23H19FN2OS/c1-15(2)21-20(16-10-12-17(24)13-11-16)22(23(27)19-9-6-14-28-19)26(25-21)18-7-4-3-5-8-18/h3-15H,1-2H3. The molecule has 5 heteroatoms. The van der Waals surface area contributed by atoms with Crippen molar-refractivity contribution in [3.63, 3.8) is 0 Å². The number of benzene rings is 2. The van der Waals surface area contributed by atoms with Crippen LogP contribution in [0.2, 0.25) is 0 Å². The van der Waals surface area contributed by atoms with Crippen LogP contribution < -0.4 is 0 Å². The first-order valence-corrected chi connectivity index (χ1v) is 9.96. The molecule has 0 aliphatic heterocycles. The molecule has 0 fully saturated rings. The number of para-hydroxylation sites is 1. The average Bonchev–Trinajstić information content (AvgIpc) is 3.37. The highest BCUT2D eigenvalue weighted by Gasteiger charge is 2.28. The van der Waals surface area contributed by atoms with Gasteiger partial charge < -0.3 is 0 Å². The van der Waals surface area contributed by atoms with E-state index in [0.29, 0.717) is 10.6 Å². The van der Waals surface area contributed by atoms with Crippen LogP contribution in [0.4, 0.5) is 4.39 Å². The van der Waals surface area contributed by atoms with Gasteiger partial charge in [-0.3, -0.25) is 4.79 Å². The van der Waals surface area contributed by atoms with E-state index in [0.717, 1.165) is 22.5 Å². The van der Waals surface area contributed by atoms with Gasteiger partial charge in [-0.2, -0.15) is 5.10 Å². The lowest BCUT2D eigenvalue weighted by atomic mass is 9.95. The molecule has 4 rings (SSSR count). The number of nitrogens with zero attached hydrogens (tertiary/aromatic N) is 2. The van der Waals surface area contributed by atoms with Crippen molar-refractivity contribution in [3.8, 4) is 16.8 Å². The van der Waals surface area contributed by atoms with Crippen molar-refractivity contribution in [2.75, 3.05) is 0 Å². The number of carbonyl (C=O) groups excluding carboxylic acids is 1. The van der Waals surface area contributed by atoms with E-state index in [1.54, 1.807) is 16.8 Å². The zero-order valence-corrected chi connectivity index (χ0v) is 16.4. The zero-order chi connectivity index (χ0) is 19.7. The summed E-state index contributed by atoms with van der Waals surface area (Å²) in [5, 5.41) is 6.70. The summed E-state index contributed by atoms with van der Waals surface area (Å²) in [7, 11) is 0. The van der Waals surface area contributed by atoms with Crippen LogP contribution in [0.5, 0.6) is 0 Å². The van der Waals surface area contributed by atoms with Gasteiger partial charge in [0.05, 0.1) is 16.3 Å². The Morgan fingerprint density at radius 3 is 2.32 bits per heavy atom. The molecular formula is C23H19FN2OS. The number of carbonyl (C=O) groups is 1. The van der Waals surface area contributed by atoms with Crippen LogP contribution in [-0.4, -0.2) is 15.6 Å². The fourth-order valence-corrected chi connectivity index (χ4v) is 3.90. The second-order valence-electron chi connectivity index (χ2n) is 6.82. The largest absolute Gasteiger partial charge is 0.286 e. The summed E-state index contributed by atoms with van der Waals surface area (Å²) in [5.74, 6) is -0.297. The van der Waals surface area contributed by atoms with Crippen molar-refractivity contribution >= 4 is 17.1 Å². The summed E-state index contributed by atoms with van der Waals surface area (Å²) in [6.45, 7) is 4.09. The number of ketones is 1. The third-order valence-electron chi connectivity index (χ3n) is 4.55. The molecular weight excluding hydrogens is 371 g/mol. The summed E-state index contributed by atoms with van der Waals surface area (Å²) in [6.07, 6.45) is 0. The Morgan fingerprint density at radius 1 is 1.00 bits per heavy atom. The van der Waals surface area contributed by atoms with Crippen LogP contribution in [0.15, 0.2) is 72.1 Å². The number of hydrogen-bond acceptors (Lipinski definition) is 3. The molecule has 0 radical (unpaired) electrons. The van der Waals surface area contributed by atoms with E-state index in [2.05, 4.69) is 0 Å². The van der Waals surface area contributed by atoms with Gasteiger partial charge in [-0.1, -0.05) is 50.2 Å². The lowest BCUT2D eigenvalue weighted by molar-refractivity contribution is 0.103. The molecule has 0 bridgehead atoms. The van der Waals surface area contributed by atoms with Gasteiger partial charge in [-0.15, -0.1) is 11.3 Å². The number of halogens is 1. The minimum Gasteiger partial charge on any atom is -0.286 e. The molecule has 0 aliphatic carbocycles. The molecule has 0 saturated heterocycles. The van der Waals surface area contributed by atoms with Gasteiger partial charge >= 0.3 is 0 Å². The molecule has 140 valence electrons. The second-order valence-corrected chi connectivity index (χ2v) is 7.77. The lowest BCUT2D eigenvalue weighted by Crippen LogP contribution is -2.10. The fourth-order valence-electron chi connectivity index (χ4n) is 3.23. The predicted octanol–water partition coefficient (Wildman–Crippen LogP) is 6.09. The van der Waals surface area contributed by atoms with Crippen LogP contribution in [0.3, 0.4) is 0 Å². The smallest absolute Gasteiger partial charge is 0.222 e. The summed E-state index contributed by atoms with van der Waals surface area (Å²) < 4.78 is 15.2. The monoisotopic (exact) mass is 390 g/mol. The maximum Gasteiger partial charge on any atom is 0.222 e. The topological polar surface area (TPSA) is 34.9 Å². The number of hydrogen-bond donors (Lipinski definition) is 0.